The van der Waals surface area contributed by atoms with Gasteiger partial charge in [0.2, 0.25) is 0 Å². The molecule has 0 amide bonds. The van der Waals surface area contributed by atoms with Crippen LogP contribution in [-0.2, 0) is 0 Å². The molecule has 11 heavy (non-hydrogen) atoms. The Labute approximate surface area is 65.2 Å². The third-order valence-corrected chi connectivity index (χ3v) is 1.35. The van der Waals surface area contributed by atoms with Gasteiger partial charge < -0.3 is 5.73 Å². The molecule has 0 aliphatic rings. The summed E-state index contributed by atoms with van der Waals surface area (Å²) >= 11 is 0. The first-order valence-corrected chi connectivity index (χ1v) is 3.34. The van der Waals surface area contributed by atoms with Crippen LogP contribution in [0.2, 0.25) is 0 Å². The molecule has 3 heteroatoms. The summed E-state index contributed by atoms with van der Waals surface area (Å²) in [5.41, 5.74) is 6.83. The van der Waals surface area contributed by atoms with Gasteiger partial charge >= 0.3 is 0 Å². The number of Topliss-reactive ketones (excluding diaryl/α,β-unsaturated/α-hetero) is 1. The molecular formula is C8H10N2O. The minimum atomic E-state index is -0.0552. The lowest BCUT2D eigenvalue weighted by Crippen LogP contribution is -2.00. The molecule has 1 aromatic heterocycles. The molecule has 58 valence electrons. The first-order valence-electron chi connectivity index (χ1n) is 3.34. The zero-order chi connectivity index (χ0) is 8.43. The summed E-state index contributed by atoms with van der Waals surface area (Å²) in [5, 5.41) is 0. The van der Waals surface area contributed by atoms with E-state index in [1.165, 1.54) is 6.92 Å². The lowest BCUT2D eigenvalue weighted by Gasteiger charge is -1.98. The molecule has 3 nitrogen and oxygen atoms in total. The third-order valence-electron chi connectivity index (χ3n) is 1.35. The van der Waals surface area contributed by atoms with E-state index in [0.29, 0.717) is 11.5 Å². The van der Waals surface area contributed by atoms with Gasteiger partial charge in [-0.1, -0.05) is 0 Å². The molecule has 1 rings (SSSR count). The number of ketones is 1. The van der Waals surface area contributed by atoms with Gasteiger partial charge in [0.25, 0.3) is 0 Å². The fourth-order valence-corrected chi connectivity index (χ4v) is 0.875. The Morgan fingerprint density at radius 1 is 1.55 bits per heavy atom. The Morgan fingerprint density at radius 3 is 2.64 bits per heavy atom. The molecule has 2 N–H and O–H groups in total. The van der Waals surface area contributed by atoms with Crippen molar-refractivity contribution in [1.82, 2.24) is 4.98 Å². The molecule has 0 atom stereocenters. The van der Waals surface area contributed by atoms with E-state index in [1.54, 1.807) is 12.1 Å². The number of aromatic nitrogens is 1. The van der Waals surface area contributed by atoms with Crippen LogP contribution < -0.4 is 5.73 Å². The summed E-state index contributed by atoms with van der Waals surface area (Å²) < 4.78 is 0. The van der Waals surface area contributed by atoms with Crippen LogP contribution in [-0.4, -0.2) is 10.8 Å². The summed E-state index contributed by atoms with van der Waals surface area (Å²) in [7, 11) is 0. The van der Waals surface area contributed by atoms with Gasteiger partial charge in [-0.15, -0.1) is 0 Å². The predicted octanol–water partition coefficient (Wildman–Crippen LogP) is 1.17. The second kappa shape index (κ2) is 2.70. The van der Waals surface area contributed by atoms with Crippen molar-refractivity contribution in [1.29, 1.82) is 0 Å². The van der Waals surface area contributed by atoms with Crippen molar-refractivity contribution in [3.05, 3.63) is 23.4 Å². The summed E-state index contributed by atoms with van der Waals surface area (Å²) in [4.78, 5) is 14.7. The second-order valence-corrected chi connectivity index (χ2v) is 2.51. The summed E-state index contributed by atoms with van der Waals surface area (Å²) in [6.07, 6.45) is 0. The van der Waals surface area contributed by atoms with E-state index in [2.05, 4.69) is 4.98 Å². The first-order chi connectivity index (χ1) is 5.09. The molecule has 0 bridgehead atoms. The number of hydrogen-bond acceptors (Lipinski definition) is 3. The molecule has 0 spiro atoms. The van der Waals surface area contributed by atoms with Gasteiger partial charge in [-0.2, -0.15) is 0 Å². The van der Waals surface area contributed by atoms with E-state index >= 15 is 0 Å². The highest BCUT2D eigenvalue weighted by molar-refractivity contribution is 5.92. The van der Waals surface area contributed by atoms with E-state index in [-0.39, 0.29) is 5.78 Å². The number of pyridine rings is 1. The van der Waals surface area contributed by atoms with Gasteiger partial charge in [0.05, 0.1) is 0 Å². The quantitative estimate of drug-likeness (QED) is 0.611. The van der Waals surface area contributed by atoms with Gasteiger partial charge in [0, 0.05) is 6.92 Å². The second-order valence-electron chi connectivity index (χ2n) is 2.51. The molecule has 1 aromatic rings. The average molecular weight is 150 g/mol. The van der Waals surface area contributed by atoms with Crippen molar-refractivity contribution in [3.63, 3.8) is 0 Å². The highest BCUT2D eigenvalue weighted by Crippen LogP contribution is 2.06. The van der Waals surface area contributed by atoms with Crippen molar-refractivity contribution in [2.45, 2.75) is 13.8 Å². The molecule has 0 saturated carbocycles. The van der Waals surface area contributed by atoms with Crippen molar-refractivity contribution in [2.24, 2.45) is 0 Å². The number of nitrogen functional groups attached to an aromatic ring is 1. The van der Waals surface area contributed by atoms with Crippen LogP contribution >= 0.6 is 0 Å². The van der Waals surface area contributed by atoms with Gasteiger partial charge in [-0.05, 0) is 24.6 Å². The average Bonchev–Trinajstić information content (AvgIpc) is 1.85. The zero-order valence-corrected chi connectivity index (χ0v) is 6.59. The fraction of sp³-hybridized carbons (Fsp3) is 0.250. The standard InChI is InChI=1S/C8H10N2O/c1-5-3-7(6(2)11)10-8(9)4-5/h3-4H,1-2H3,(H2,9,10). The van der Waals surface area contributed by atoms with Gasteiger partial charge in [-0.3, -0.25) is 4.79 Å². The Balaban J connectivity index is 3.19. The van der Waals surface area contributed by atoms with E-state index in [9.17, 15) is 4.79 Å². The van der Waals surface area contributed by atoms with Crippen LogP contribution in [0.15, 0.2) is 12.1 Å². The number of rotatable bonds is 1. The van der Waals surface area contributed by atoms with Gasteiger partial charge in [-0.25, -0.2) is 4.98 Å². The van der Waals surface area contributed by atoms with Crippen molar-refractivity contribution in [2.75, 3.05) is 5.73 Å². The van der Waals surface area contributed by atoms with Crippen LogP contribution in [0, 0.1) is 6.92 Å². The monoisotopic (exact) mass is 150 g/mol. The van der Waals surface area contributed by atoms with Crippen LogP contribution in [0.3, 0.4) is 0 Å². The molecule has 0 fully saturated rings. The number of hydrogen-bond donors (Lipinski definition) is 1. The molecule has 0 saturated heterocycles. The lowest BCUT2D eigenvalue weighted by atomic mass is 10.2. The molecule has 0 radical (unpaired) electrons. The van der Waals surface area contributed by atoms with Crippen molar-refractivity contribution in [3.8, 4) is 0 Å². The summed E-state index contributed by atoms with van der Waals surface area (Å²) in [6, 6.07) is 3.45. The molecule has 0 unspecified atom stereocenters. The number of nitrogens with zero attached hydrogens (tertiary/aromatic N) is 1. The predicted molar refractivity (Wildman–Crippen MR) is 43.4 cm³/mol. The molecule has 0 aliphatic carbocycles. The third kappa shape index (κ3) is 1.77. The number of nitrogens with two attached hydrogens (primary N) is 1. The van der Waals surface area contributed by atoms with Crippen molar-refractivity contribution >= 4 is 11.6 Å². The number of carbonyl (C=O) groups is 1. The van der Waals surface area contributed by atoms with E-state index in [4.69, 9.17) is 5.73 Å². The van der Waals surface area contributed by atoms with Gasteiger partial charge in [0.1, 0.15) is 11.5 Å². The van der Waals surface area contributed by atoms with E-state index in [0.717, 1.165) is 5.56 Å². The van der Waals surface area contributed by atoms with Crippen LogP contribution in [0.25, 0.3) is 0 Å². The van der Waals surface area contributed by atoms with E-state index < -0.39 is 0 Å². The Bertz CT molecular complexity index is 274. The Morgan fingerprint density at radius 2 is 2.18 bits per heavy atom. The number of anilines is 1. The minimum absolute atomic E-state index is 0.0552. The van der Waals surface area contributed by atoms with Crippen LogP contribution in [0.5, 0.6) is 0 Å². The maximum atomic E-state index is 10.8. The number of aryl methyl sites for hydroxylation is 1. The highest BCUT2D eigenvalue weighted by atomic mass is 16.1. The van der Waals surface area contributed by atoms with Crippen LogP contribution in [0.1, 0.15) is 23.0 Å². The van der Waals surface area contributed by atoms with Gasteiger partial charge in [0.15, 0.2) is 5.78 Å². The Kier molecular flexibility index (Phi) is 1.89. The summed E-state index contributed by atoms with van der Waals surface area (Å²) in [6.45, 7) is 3.35. The first kappa shape index (κ1) is 7.72. The molecule has 0 aromatic carbocycles. The van der Waals surface area contributed by atoms with Crippen LogP contribution in [0.4, 0.5) is 5.82 Å². The maximum Gasteiger partial charge on any atom is 0.178 e. The minimum Gasteiger partial charge on any atom is -0.384 e. The zero-order valence-electron chi connectivity index (χ0n) is 6.59. The molecule has 0 aliphatic heterocycles. The largest absolute Gasteiger partial charge is 0.384 e. The topological polar surface area (TPSA) is 56.0 Å². The lowest BCUT2D eigenvalue weighted by molar-refractivity contribution is 0.101. The summed E-state index contributed by atoms with van der Waals surface area (Å²) in [5.74, 6) is 0.343. The number of carbonyl (C=O) groups excluding carboxylic acids is 1. The maximum absolute atomic E-state index is 10.8. The Hall–Kier alpha value is -1.38. The molecule has 1 heterocycles. The fourth-order valence-electron chi connectivity index (χ4n) is 0.875. The highest BCUT2D eigenvalue weighted by Gasteiger charge is 2.01. The SMILES string of the molecule is CC(=O)c1cc(C)cc(N)n1. The van der Waals surface area contributed by atoms with E-state index in [1.807, 2.05) is 6.92 Å². The van der Waals surface area contributed by atoms with Crippen molar-refractivity contribution < 1.29 is 4.79 Å². The molecular weight excluding hydrogens is 140 g/mol. The smallest absolute Gasteiger partial charge is 0.178 e. The normalized spacial score (nSPS) is 9.64.